The Morgan fingerprint density at radius 3 is 2.34 bits per heavy atom. The number of urea groups is 1. The van der Waals surface area contributed by atoms with Crippen LogP contribution in [0.3, 0.4) is 0 Å². The van der Waals surface area contributed by atoms with Crippen LogP contribution in [0.15, 0.2) is 42.5 Å². The lowest BCUT2D eigenvalue weighted by atomic mass is 10.2. The number of piperazine rings is 1. The Morgan fingerprint density at radius 1 is 0.966 bits per heavy atom. The summed E-state index contributed by atoms with van der Waals surface area (Å²) in [7, 11) is 0. The van der Waals surface area contributed by atoms with Crippen LogP contribution in [-0.2, 0) is 0 Å². The van der Waals surface area contributed by atoms with Gasteiger partial charge in [0.15, 0.2) is 11.5 Å². The summed E-state index contributed by atoms with van der Waals surface area (Å²) in [6, 6.07) is 14.1. The van der Waals surface area contributed by atoms with Crippen molar-refractivity contribution in [3.05, 3.63) is 42.5 Å². The molecule has 2 aliphatic rings. The summed E-state index contributed by atoms with van der Waals surface area (Å²) in [5.74, 6) is 1.38. The van der Waals surface area contributed by atoms with Crippen LogP contribution >= 0.6 is 0 Å². The van der Waals surface area contributed by atoms with Gasteiger partial charge < -0.3 is 29.5 Å². The number of carbonyl (C=O) groups excluding carboxylic acids is 1. The zero-order valence-corrected chi connectivity index (χ0v) is 17.1. The van der Waals surface area contributed by atoms with Crippen LogP contribution in [0, 0.1) is 0 Å². The molecule has 2 amide bonds. The van der Waals surface area contributed by atoms with Gasteiger partial charge >= 0.3 is 6.03 Å². The molecule has 7 heteroatoms. The van der Waals surface area contributed by atoms with Gasteiger partial charge in [0.25, 0.3) is 0 Å². The number of fused-ring (bicyclic) bond motifs is 1. The van der Waals surface area contributed by atoms with Gasteiger partial charge in [0.2, 0.25) is 6.79 Å². The monoisotopic (exact) mass is 396 g/mol. The maximum atomic E-state index is 12.6. The van der Waals surface area contributed by atoms with Crippen LogP contribution in [0.25, 0.3) is 0 Å². The highest BCUT2D eigenvalue weighted by atomic mass is 16.7. The zero-order chi connectivity index (χ0) is 20.2. The van der Waals surface area contributed by atoms with Gasteiger partial charge in [-0.15, -0.1) is 0 Å². The Hall–Kier alpha value is -3.09. The third-order valence-corrected chi connectivity index (χ3v) is 5.53. The van der Waals surface area contributed by atoms with Crippen molar-refractivity contribution in [1.29, 1.82) is 0 Å². The standard InChI is InChI=1S/C22H28N4O3/c1-3-24(4-2)18-6-8-19(9-7-18)25-11-13-26(14-12-25)22(27)23-17-5-10-20-21(15-17)29-16-28-20/h5-10,15H,3-4,11-14,16H2,1-2H3,(H,23,27). The van der Waals surface area contributed by atoms with E-state index in [1.807, 2.05) is 17.0 Å². The van der Waals surface area contributed by atoms with Crippen molar-refractivity contribution in [2.24, 2.45) is 0 Å². The molecule has 4 rings (SSSR count). The summed E-state index contributed by atoms with van der Waals surface area (Å²) in [5, 5.41) is 2.96. The van der Waals surface area contributed by atoms with Gasteiger partial charge in [-0.05, 0) is 50.2 Å². The van der Waals surface area contributed by atoms with Crippen LogP contribution in [-0.4, -0.2) is 57.0 Å². The summed E-state index contributed by atoms with van der Waals surface area (Å²) in [6.07, 6.45) is 0. The number of carbonyl (C=O) groups is 1. The molecule has 2 aliphatic heterocycles. The normalized spacial score (nSPS) is 15.4. The second kappa shape index (κ2) is 8.51. The molecule has 0 aromatic heterocycles. The molecule has 2 heterocycles. The average Bonchev–Trinajstić information content (AvgIpc) is 3.23. The molecule has 1 fully saturated rings. The van der Waals surface area contributed by atoms with Crippen molar-refractivity contribution in [1.82, 2.24) is 4.90 Å². The van der Waals surface area contributed by atoms with Crippen molar-refractivity contribution < 1.29 is 14.3 Å². The van der Waals surface area contributed by atoms with E-state index in [-0.39, 0.29) is 12.8 Å². The fourth-order valence-electron chi connectivity index (χ4n) is 3.81. The van der Waals surface area contributed by atoms with E-state index >= 15 is 0 Å². The van der Waals surface area contributed by atoms with E-state index in [4.69, 9.17) is 9.47 Å². The van der Waals surface area contributed by atoms with E-state index in [2.05, 4.69) is 53.2 Å². The summed E-state index contributed by atoms with van der Waals surface area (Å²) in [6.45, 7) is 9.60. The molecular formula is C22H28N4O3. The first-order valence-corrected chi connectivity index (χ1v) is 10.2. The van der Waals surface area contributed by atoms with Gasteiger partial charge in [0, 0.05) is 62.4 Å². The Bertz CT molecular complexity index is 844. The summed E-state index contributed by atoms with van der Waals surface area (Å²) < 4.78 is 10.7. The molecule has 0 spiro atoms. The number of ether oxygens (including phenoxy) is 2. The maximum Gasteiger partial charge on any atom is 0.321 e. The number of benzene rings is 2. The molecule has 2 aromatic rings. The van der Waals surface area contributed by atoms with Crippen LogP contribution in [0.4, 0.5) is 21.9 Å². The lowest BCUT2D eigenvalue weighted by molar-refractivity contribution is 0.174. The first kappa shape index (κ1) is 19.2. The minimum Gasteiger partial charge on any atom is -0.454 e. The van der Waals surface area contributed by atoms with E-state index in [1.54, 1.807) is 6.07 Å². The minimum absolute atomic E-state index is 0.0830. The Labute approximate surface area is 171 Å². The van der Waals surface area contributed by atoms with E-state index in [0.717, 1.165) is 26.2 Å². The molecule has 0 radical (unpaired) electrons. The summed E-state index contributed by atoms with van der Waals surface area (Å²) in [5.41, 5.74) is 3.17. The van der Waals surface area contributed by atoms with Crippen molar-refractivity contribution in [2.75, 3.05) is 61.2 Å². The van der Waals surface area contributed by atoms with Gasteiger partial charge in [0.1, 0.15) is 0 Å². The molecule has 0 bridgehead atoms. The lowest BCUT2D eigenvalue weighted by Crippen LogP contribution is -2.50. The number of nitrogens with zero attached hydrogens (tertiary/aromatic N) is 3. The highest BCUT2D eigenvalue weighted by Gasteiger charge is 2.22. The molecule has 2 aromatic carbocycles. The van der Waals surface area contributed by atoms with Crippen LogP contribution in [0.1, 0.15) is 13.8 Å². The number of nitrogens with one attached hydrogen (secondary N) is 1. The molecule has 0 unspecified atom stereocenters. The van der Waals surface area contributed by atoms with Crippen LogP contribution < -0.4 is 24.6 Å². The van der Waals surface area contributed by atoms with E-state index in [0.29, 0.717) is 30.3 Å². The molecule has 0 aliphatic carbocycles. The fraction of sp³-hybridized carbons (Fsp3) is 0.409. The topological polar surface area (TPSA) is 57.3 Å². The minimum atomic E-state index is -0.0830. The second-order valence-corrected chi connectivity index (χ2v) is 7.16. The number of rotatable bonds is 5. The van der Waals surface area contributed by atoms with Gasteiger partial charge in [-0.2, -0.15) is 0 Å². The fourth-order valence-corrected chi connectivity index (χ4v) is 3.81. The van der Waals surface area contributed by atoms with Crippen LogP contribution in [0.2, 0.25) is 0 Å². The Balaban J connectivity index is 1.31. The first-order valence-electron chi connectivity index (χ1n) is 10.2. The number of hydrogen-bond acceptors (Lipinski definition) is 5. The van der Waals surface area contributed by atoms with E-state index in [1.165, 1.54) is 11.4 Å². The Morgan fingerprint density at radius 2 is 1.66 bits per heavy atom. The largest absolute Gasteiger partial charge is 0.454 e. The van der Waals surface area contributed by atoms with E-state index < -0.39 is 0 Å². The molecule has 0 atom stereocenters. The quantitative estimate of drug-likeness (QED) is 0.837. The SMILES string of the molecule is CCN(CC)c1ccc(N2CCN(C(=O)Nc3ccc4c(c3)OCO4)CC2)cc1. The molecule has 29 heavy (non-hydrogen) atoms. The average molecular weight is 396 g/mol. The van der Waals surface area contributed by atoms with Crippen molar-refractivity contribution in [2.45, 2.75) is 13.8 Å². The summed E-state index contributed by atoms with van der Waals surface area (Å²) >= 11 is 0. The summed E-state index contributed by atoms with van der Waals surface area (Å²) in [4.78, 5) is 19.1. The molecule has 154 valence electrons. The molecule has 1 saturated heterocycles. The molecule has 1 N–H and O–H groups in total. The number of amides is 2. The predicted molar refractivity (Wildman–Crippen MR) is 115 cm³/mol. The van der Waals surface area contributed by atoms with Gasteiger partial charge in [0.05, 0.1) is 0 Å². The molecule has 0 saturated carbocycles. The van der Waals surface area contributed by atoms with Crippen molar-refractivity contribution >= 4 is 23.1 Å². The lowest BCUT2D eigenvalue weighted by Gasteiger charge is -2.36. The Kier molecular flexibility index (Phi) is 5.64. The van der Waals surface area contributed by atoms with Crippen molar-refractivity contribution in [3.63, 3.8) is 0 Å². The first-order chi connectivity index (χ1) is 14.2. The zero-order valence-electron chi connectivity index (χ0n) is 17.1. The van der Waals surface area contributed by atoms with Gasteiger partial charge in [-0.3, -0.25) is 0 Å². The van der Waals surface area contributed by atoms with Crippen LogP contribution in [0.5, 0.6) is 11.5 Å². The van der Waals surface area contributed by atoms with Crippen molar-refractivity contribution in [3.8, 4) is 11.5 Å². The highest BCUT2D eigenvalue weighted by Crippen LogP contribution is 2.34. The third-order valence-electron chi connectivity index (χ3n) is 5.53. The second-order valence-electron chi connectivity index (χ2n) is 7.16. The molecular weight excluding hydrogens is 368 g/mol. The van der Waals surface area contributed by atoms with E-state index in [9.17, 15) is 4.79 Å². The smallest absolute Gasteiger partial charge is 0.321 e. The third kappa shape index (κ3) is 4.18. The van der Waals surface area contributed by atoms with Gasteiger partial charge in [-0.25, -0.2) is 4.79 Å². The maximum absolute atomic E-state index is 12.6. The van der Waals surface area contributed by atoms with Gasteiger partial charge in [-0.1, -0.05) is 0 Å². The highest BCUT2D eigenvalue weighted by molar-refractivity contribution is 5.90. The number of anilines is 3. The molecule has 7 nitrogen and oxygen atoms in total. The number of hydrogen-bond donors (Lipinski definition) is 1. The predicted octanol–water partition coefficient (Wildman–Crippen LogP) is 3.62.